The highest BCUT2D eigenvalue weighted by atomic mass is 35.5. The minimum atomic E-state index is 0.0389. The average molecular weight is 316 g/mol. The van der Waals surface area contributed by atoms with E-state index in [2.05, 4.69) is 4.90 Å². The molecule has 1 heterocycles. The molecule has 0 bridgehead atoms. The smallest absolute Gasteiger partial charge is 0.165 e. The van der Waals surface area contributed by atoms with E-state index in [4.69, 9.17) is 27.9 Å². The molecule has 1 aromatic carbocycles. The van der Waals surface area contributed by atoms with Gasteiger partial charge in [0.05, 0.1) is 16.1 Å². The van der Waals surface area contributed by atoms with E-state index in [1.807, 2.05) is 0 Å². The van der Waals surface area contributed by atoms with E-state index in [1.165, 1.54) is 0 Å². The van der Waals surface area contributed by atoms with E-state index in [-0.39, 0.29) is 11.9 Å². The van der Waals surface area contributed by atoms with Gasteiger partial charge >= 0.3 is 0 Å². The number of hydrogen-bond donors (Lipinski definition) is 0. The zero-order valence-electron chi connectivity index (χ0n) is 11.6. The molecule has 0 amide bonds. The third-order valence-corrected chi connectivity index (χ3v) is 4.52. The molecule has 0 saturated carbocycles. The Balaban J connectivity index is 1.90. The number of nitrogens with zero attached hydrogens (tertiary/aromatic N) is 1. The summed E-state index contributed by atoms with van der Waals surface area (Å²) in [5.74, 6) is 0.0389. The number of likely N-dealkylation sites (tertiary alicyclic amines) is 1. The number of ketones is 1. The van der Waals surface area contributed by atoms with Crippen LogP contribution in [0.3, 0.4) is 0 Å². The number of carbonyl (C=O) groups is 1. The summed E-state index contributed by atoms with van der Waals surface area (Å²) in [6, 6.07) is 5.17. The zero-order chi connectivity index (χ0) is 14.5. The molecule has 0 radical (unpaired) electrons. The van der Waals surface area contributed by atoms with Crippen molar-refractivity contribution in [2.45, 2.75) is 25.4 Å². The van der Waals surface area contributed by atoms with Crippen molar-refractivity contribution in [2.75, 3.05) is 26.7 Å². The molecule has 1 aromatic rings. The average Bonchev–Trinajstić information content (AvgIpc) is 2.48. The molecule has 2 rings (SSSR count). The Morgan fingerprint density at radius 2 is 2.25 bits per heavy atom. The number of carbonyl (C=O) groups excluding carboxylic acids is 1. The normalized spacial score (nSPS) is 20.1. The lowest BCUT2D eigenvalue weighted by Gasteiger charge is -2.31. The lowest BCUT2D eigenvalue weighted by molar-refractivity contribution is 0.0309. The predicted octanol–water partition coefficient (Wildman–Crippen LogP) is 3.68. The van der Waals surface area contributed by atoms with Crippen LogP contribution in [-0.4, -0.2) is 43.5 Å². The number of halogens is 2. The van der Waals surface area contributed by atoms with Gasteiger partial charge in [-0.25, -0.2) is 0 Å². The van der Waals surface area contributed by atoms with E-state index in [0.29, 0.717) is 22.0 Å². The molecule has 0 aromatic heterocycles. The van der Waals surface area contributed by atoms with Crippen LogP contribution in [0.5, 0.6) is 0 Å². The fourth-order valence-electron chi connectivity index (χ4n) is 2.52. The monoisotopic (exact) mass is 315 g/mol. The number of rotatable bonds is 5. The summed E-state index contributed by atoms with van der Waals surface area (Å²) >= 11 is 12.0. The van der Waals surface area contributed by atoms with Gasteiger partial charge in [0.15, 0.2) is 5.78 Å². The second kappa shape index (κ2) is 7.41. The maximum absolute atomic E-state index is 12.2. The number of hydrogen-bond acceptors (Lipinski definition) is 3. The maximum Gasteiger partial charge on any atom is 0.165 e. The van der Waals surface area contributed by atoms with Crippen molar-refractivity contribution >= 4 is 29.0 Å². The van der Waals surface area contributed by atoms with Crippen LogP contribution >= 0.6 is 23.2 Å². The molecule has 5 heteroatoms. The quantitative estimate of drug-likeness (QED) is 0.776. The largest absolute Gasteiger partial charge is 0.380 e. The molecule has 1 atom stereocenters. The number of benzene rings is 1. The minimum Gasteiger partial charge on any atom is -0.380 e. The standard InChI is InChI=1S/C15H19Cl2NO2/c1-20-11-4-3-8-18(10-11)9-7-14(19)12-5-2-6-13(16)15(12)17/h2,5-6,11H,3-4,7-10H2,1H3. The topological polar surface area (TPSA) is 29.5 Å². The maximum atomic E-state index is 12.2. The highest BCUT2D eigenvalue weighted by Crippen LogP contribution is 2.26. The van der Waals surface area contributed by atoms with Crippen molar-refractivity contribution in [1.82, 2.24) is 4.90 Å². The van der Waals surface area contributed by atoms with Gasteiger partial charge in [-0.2, -0.15) is 0 Å². The number of Topliss-reactive ketones (excluding diaryl/α,β-unsaturated/α-hetero) is 1. The fraction of sp³-hybridized carbons (Fsp3) is 0.533. The Morgan fingerprint density at radius 1 is 1.45 bits per heavy atom. The van der Waals surface area contributed by atoms with E-state index < -0.39 is 0 Å². The van der Waals surface area contributed by atoms with Gasteiger partial charge in [0, 0.05) is 32.2 Å². The summed E-state index contributed by atoms with van der Waals surface area (Å²) in [7, 11) is 1.74. The lowest BCUT2D eigenvalue weighted by Crippen LogP contribution is -2.40. The molecule has 0 aliphatic carbocycles. The Hall–Kier alpha value is -0.610. The van der Waals surface area contributed by atoms with Gasteiger partial charge < -0.3 is 9.64 Å². The van der Waals surface area contributed by atoms with Gasteiger partial charge in [0.25, 0.3) is 0 Å². The SMILES string of the molecule is COC1CCCN(CCC(=O)c2cccc(Cl)c2Cl)C1. The molecule has 20 heavy (non-hydrogen) atoms. The van der Waals surface area contributed by atoms with Crippen LogP contribution in [0.25, 0.3) is 0 Å². The van der Waals surface area contributed by atoms with Gasteiger partial charge in [0.2, 0.25) is 0 Å². The first-order chi connectivity index (χ1) is 9.61. The number of methoxy groups -OCH3 is 1. The second-order valence-electron chi connectivity index (χ2n) is 5.08. The molecule has 110 valence electrons. The molecule has 0 N–H and O–H groups in total. The van der Waals surface area contributed by atoms with Crippen molar-refractivity contribution in [3.8, 4) is 0 Å². The van der Waals surface area contributed by atoms with E-state index in [0.717, 1.165) is 32.5 Å². The third-order valence-electron chi connectivity index (χ3n) is 3.70. The van der Waals surface area contributed by atoms with Gasteiger partial charge in [0.1, 0.15) is 0 Å². The first-order valence-electron chi connectivity index (χ1n) is 6.84. The van der Waals surface area contributed by atoms with Crippen molar-refractivity contribution in [2.24, 2.45) is 0 Å². The highest BCUT2D eigenvalue weighted by molar-refractivity contribution is 6.43. The molecular formula is C15H19Cl2NO2. The van der Waals surface area contributed by atoms with Crippen molar-refractivity contribution < 1.29 is 9.53 Å². The zero-order valence-corrected chi connectivity index (χ0v) is 13.1. The van der Waals surface area contributed by atoms with Crippen LogP contribution < -0.4 is 0 Å². The Bertz CT molecular complexity index is 479. The van der Waals surface area contributed by atoms with Gasteiger partial charge in [-0.15, -0.1) is 0 Å². The van der Waals surface area contributed by atoms with Crippen molar-refractivity contribution in [3.63, 3.8) is 0 Å². The van der Waals surface area contributed by atoms with E-state index in [1.54, 1.807) is 25.3 Å². The van der Waals surface area contributed by atoms with Crippen molar-refractivity contribution in [3.05, 3.63) is 33.8 Å². The predicted molar refractivity (Wildman–Crippen MR) is 81.9 cm³/mol. The third kappa shape index (κ3) is 3.95. The van der Waals surface area contributed by atoms with Gasteiger partial charge in [-0.05, 0) is 31.5 Å². The Morgan fingerprint density at radius 3 is 3.00 bits per heavy atom. The lowest BCUT2D eigenvalue weighted by atomic mass is 10.1. The van der Waals surface area contributed by atoms with Gasteiger partial charge in [-0.3, -0.25) is 4.79 Å². The summed E-state index contributed by atoms with van der Waals surface area (Å²) in [6.45, 7) is 2.66. The molecule has 1 saturated heterocycles. The summed E-state index contributed by atoms with van der Waals surface area (Å²) in [6.07, 6.45) is 2.95. The number of piperidine rings is 1. The first-order valence-corrected chi connectivity index (χ1v) is 7.59. The molecule has 1 unspecified atom stereocenters. The molecular weight excluding hydrogens is 297 g/mol. The van der Waals surface area contributed by atoms with E-state index in [9.17, 15) is 4.79 Å². The molecule has 1 fully saturated rings. The second-order valence-corrected chi connectivity index (χ2v) is 5.86. The molecule has 1 aliphatic heterocycles. The molecule has 1 aliphatic rings. The van der Waals surface area contributed by atoms with Crippen LogP contribution in [0.1, 0.15) is 29.6 Å². The van der Waals surface area contributed by atoms with Crippen LogP contribution in [-0.2, 0) is 4.74 Å². The first kappa shape index (κ1) is 15.8. The van der Waals surface area contributed by atoms with Crippen LogP contribution in [0.2, 0.25) is 10.0 Å². The Kier molecular flexibility index (Phi) is 5.85. The number of ether oxygens (including phenoxy) is 1. The van der Waals surface area contributed by atoms with Crippen LogP contribution in [0, 0.1) is 0 Å². The van der Waals surface area contributed by atoms with E-state index >= 15 is 0 Å². The summed E-state index contributed by atoms with van der Waals surface area (Å²) in [4.78, 5) is 14.5. The van der Waals surface area contributed by atoms with Crippen LogP contribution in [0.15, 0.2) is 18.2 Å². The molecule has 3 nitrogen and oxygen atoms in total. The van der Waals surface area contributed by atoms with Crippen LogP contribution in [0.4, 0.5) is 0 Å². The van der Waals surface area contributed by atoms with Crippen molar-refractivity contribution in [1.29, 1.82) is 0 Å². The summed E-state index contributed by atoms with van der Waals surface area (Å²) in [5.41, 5.74) is 0.513. The minimum absolute atomic E-state index is 0.0389. The fourth-order valence-corrected chi connectivity index (χ4v) is 2.93. The molecule has 0 spiro atoms. The highest BCUT2D eigenvalue weighted by Gasteiger charge is 2.20. The van der Waals surface area contributed by atoms with Gasteiger partial charge in [-0.1, -0.05) is 29.3 Å². The summed E-state index contributed by atoms with van der Waals surface area (Å²) in [5, 5.41) is 0.780. The summed E-state index contributed by atoms with van der Waals surface area (Å²) < 4.78 is 5.38. The Labute approximate surface area is 129 Å².